The van der Waals surface area contributed by atoms with E-state index in [9.17, 15) is 14.7 Å². The molecule has 0 heterocycles. The molecule has 1 amide bonds. The van der Waals surface area contributed by atoms with Gasteiger partial charge in [-0.3, -0.25) is 4.79 Å². The first-order valence-corrected chi connectivity index (χ1v) is 8.46. The summed E-state index contributed by atoms with van der Waals surface area (Å²) < 4.78 is 0. The Kier molecular flexibility index (Phi) is 5.29. The van der Waals surface area contributed by atoms with Crippen LogP contribution in [0.15, 0.2) is 40.3 Å². The molecule has 1 N–H and O–H groups in total. The third kappa shape index (κ3) is 3.53. The minimum atomic E-state index is -1.15. The third-order valence-electron chi connectivity index (χ3n) is 4.27. The van der Waals surface area contributed by atoms with Crippen molar-refractivity contribution in [3.05, 3.63) is 35.4 Å². The van der Waals surface area contributed by atoms with Crippen molar-refractivity contribution in [1.29, 1.82) is 0 Å². The fourth-order valence-electron chi connectivity index (χ4n) is 2.79. The first-order chi connectivity index (χ1) is 10.4. The Hall–Kier alpha value is -1.75. The SMILES string of the molecule is CSc1ccccc1NC(=O)[C@H]1CC(C)=C(C)C[C@H]1C(=O)[O-]. The molecule has 1 aliphatic carbocycles. The van der Waals surface area contributed by atoms with Crippen LogP contribution in [0.3, 0.4) is 0 Å². The number of carbonyl (C=O) groups excluding carboxylic acids is 2. The molecule has 1 aromatic rings. The minimum Gasteiger partial charge on any atom is -0.550 e. The summed E-state index contributed by atoms with van der Waals surface area (Å²) in [6.45, 7) is 3.87. The zero-order valence-corrected chi connectivity index (χ0v) is 13.8. The number of carbonyl (C=O) groups is 2. The average molecular weight is 318 g/mol. The molecule has 118 valence electrons. The minimum absolute atomic E-state index is 0.248. The van der Waals surface area contributed by atoms with E-state index in [0.29, 0.717) is 12.8 Å². The Bertz CT molecular complexity index is 624. The molecule has 22 heavy (non-hydrogen) atoms. The number of carboxylic acid groups (broad SMARTS) is 1. The smallest absolute Gasteiger partial charge is 0.228 e. The predicted molar refractivity (Wildman–Crippen MR) is 86.4 cm³/mol. The molecule has 0 radical (unpaired) electrons. The number of nitrogens with one attached hydrogen (secondary N) is 1. The maximum atomic E-state index is 12.6. The Morgan fingerprint density at radius 3 is 2.32 bits per heavy atom. The lowest BCUT2D eigenvalue weighted by atomic mass is 9.76. The lowest BCUT2D eigenvalue weighted by Crippen LogP contribution is -2.42. The van der Waals surface area contributed by atoms with Crippen LogP contribution in [0.2, 0.25) is 0 Å². The summed E-state index contributed by atoms with van der Waals surface area (Å²) in [7, 11) is 0. The van der Waals surface area contributed by atoms with Gasteiger partial charge in [-0.15, -0.1) is 11.8 Å². The van der Waals surface area contributed by atoms with Crippen LogP contribution in [-0.4, -0.2) is 18.1 Å². The van der Waals surface area contributed by atoms with Gasteiger partial charge in [-0.2, -0.15) is 0 Å². The van der Waals surface area contributed by atoms with E-state index in [4.69, 9.17) is 0 Å². The summed E-state index contributed by atoms with van der Waals surface area (Å²) in [6, 6.07) is 7.51. The van der Waals surface area contributed by atoms with Gasteiger partial charge in [0.2, 0.25) is 5.91 Å². The van der Waals surface area contributed by atoms with Crippen LogP contribution in [0, 0.1) is 11.8 Å². The largest absolute Gasteiger partial charge is 0.550 e. The van der Waals surface area contributed by atoms with Crippen LogP contribution in [-0.2, 0) is 9.59 Å². The maximum absolute atomic E-state index is 12.6. The van der Waals surface area contributed by atoms with Gasteiger partial charge in [0.25, 0.3) is 0 Å². The molecule has 4 nitrogen and oxygen atoms in total. The molecule has 0 aromatic heterocycles. The Morgan fingerprint density at radius 2 is 1.73 bits per heavy atom. The molecule has 1 aliphatic rings. The van der Waals surface area contributed by atoms with Crippen molar-refractivity contribution in [2.24, 2.45) is 11.8 Å². The van der Waals surface area contributed by atoms with Crippen molar-refractivity contribution < 1.29 is 14.7 Å². The number of rotatable bonds is 4. The van der Waals surface area contributed by atoms with E-state index in [-0.39, 0.29) is 5.91 Å². The predicted octanol–water partition coefficient (Wildman–Crippen LogP) is 2.46. The molecule has 2 rings (SSSR count). The van der Waals surface area contributed by atoms with Crippen molar-refractivity contribution in [3.63, 3.8) is 0 Å². The lowest BCUT2D eigenvalue weighted by Gasteiger charge is -2.32. The third-order valence-corrected chi connectivity index (χ3v) is 5.07. The molecule has 2 atom stereocenters. The lowest BCUT2D eigenvalue weighted by molar-refractivity contribution is -0.313. The summed E-state index contributed by atoms with van der Waals surface area (Å²) in [5.74, 6) is -2.73. The summed E-state index contributed by atoms with van der Waals surface area (Å²) in [5, 5.41) is 14.3. The number of hydrogen-bond acceptors (Lipinski definition) is 4. The van der Waals surface area contributed by atoms with E-state index < -0.39 is 17.8 Å². The molecule has 1 aromatic carbocycles. The molecular weight excluding hydrogens is 298 g/mol. The van der Waals surface area contributed by atoms with Crippen molar-refractivity contribution >= 4 is 29.3 Å². The number of benzene rings is 1. The standard InChI is InChI=1S/C17H21NO3S/c1-10-8-12(13(17(20)21)9-11(10)2)16(19)18-14-6-4-5-7-15(14)22-3/h4-7,12-13H,8-9H2,1-3H3,(H,18,19)(H,20,21)/p-1/t12-,13+/m0/s1. The number of allylic oxidation sites excluding steroid dienone is 2. The van der Waals surface area contributed by atoms with Crippen molar-refractivity contribution in [1.82, 2.24) is 0 Å². The highest BCUT2D eigenvalue weighted by Crippen LogP contribution is 2.35. The van der Waals surface area contributed by atoms with Crippen molar-refractivity contribution in [2.75, 3.05) is 11.6 Å². The van der Waals surface area contributed by atoms with Gasteiger partial charge in [0.1, 0.15) is 0 Å². The second-order valence-electron chi connectivity index (χ2n) is 5.69. The van der Waals surface area contributed by atoms with Gasteiger partial charge in [-0.1, -0.05) is 23.3 Å². The molecule has 0 fully saturated rings. The van der Waals surface area contributed by atoms with E-state index in [1.165, 1.54) is 11.8 Å². The van der Waals surface area contributed by atoms with Crippen LogP contribution < -0.4 is 10.4 Å². The fraction of sp³-hybridized carbons (Fsp3) is 0.412. The topological polar surface area (TPSA) is 69.2 Å². The van der Waals surface area contributed by atoms with Crippen LogP contribution in [0.5, 0.6) is 0 Å². The highest BCUT2D eigenvalue weighted by Gasteiger charge is 2.33. The number of thioether (sulfide) groups is 1. The van der Waals surface area contributed by atoms with Gasteiger partial charge in [0, 0.05) is 16.8 Å². The first kappa shape index (κ1) is 16.6. The van der Waals surface area contributed by atoms with E-state index in [1.807, 2.05) is 44.4 Å². The van der Waals surface area contributed by atoms with Gasteiger partial charge >= 0.3 is 0 Å². The molecule has 0 spiro atoms. The number of anilines is 1. The van der Waals surface area contributed by atoms with Crippen molar-refractivity contribution in [2.45, 2.75) is 31.6 Å². The molecule has 0 unspecified atom stereocenters. The second-order valence-corrected chi connectivity index (χ2v) is 6.54. The van der Waals surface area contributed by atoms with Gasteiger partial charge in [0.15, 0.2) is 0 Å². The highest BCUT2D eigenvalue weighted by atomic mass is 32.2. The zero-order chi connectivity index (χ0) is 16.3. The van der Waals surface area contributed by atoms with E-state index >= 15 is 0 Å². The maximum Gasteiger partial charge on any atom is 0.228 e. The van der Waals surface area contributed by atoms with E-state index in [1.54, 1.807) is 0 Å². The number of hydrogen-bond donors (Lipinski definition) is 1. The molecule has 0 saturated heterocycles. The second kappa shape index (κ2) is 7.01. The summed E-state index contributed by atoms with van der Waals surface area (Å²) >= 11 is 1.54. The van der Waals surface area contributed by atoms with E-state index in [2.05, 4.69) is 5.32 Å². The Balaban J connectivity index is 2.22. The highest BCUT2D eigenvalue weighted by molar-refractivity contribution is 7.98. The molecular formula is C17H20NO3S-. The molecule has 0 saturated carbocycles. The number of amides is 1. The molecule has 0 aliphatic heterocycles. The summed E-state index contributed by atoms with van der Waals surface area (Å²) in [6.07, 6.45) is 2.79. The van der Waals surface area contributed by atoms with Crippen LogP contribution >= 0.6 is 11.8 Å². The Labute approximate surface area is 135 Å². The normalized spacial score (nSPS) is 21.6. The fourth-order valence-corrected chi connectivity index (χ4v) is 3.34. The number of para-hydroxylation sites is 1. The summed E-state index contributed by atoms with van der Waals surface area (Å²) in [5.41, 5.74) is 2.86. The van der Waals surface area contributed by atoms with Gasteiger partial charge in [-0.05, 0) is 45.1 Å². The van der Waals surface area contributed by atoms with Crippen LogP contribution in [0.25, 0.3) is 0 Å². The van der Waals surface area contributed by atoms with Gasteiger partial charge in [-0.25, -0.2) is 0 Å². The van der Waals surface area contributed by atoms with Gasteiger partial charge in [0.05, 0.1) is 11.6 Å². The first-order valence-electron chi connectivity index (χ1n) is 7.24. The average Bonchev–Trinajstić information content (AvgIpc) is 2.49. The monoisotopic (exact) mass is 318 g/mol. The number of aliphatic carboxylic acids is 1. The van der Waals surface area contributed by atoms with E-state index in [0.717, 1.165) is 21.7 Å². The van der Waals surface area contributed by atoms with Crippen LogP contribution in [0.1, 0.15) is 26.7 Å². The molecule has 5 heteroatoms. The Morgan fingerprint density at radius 1 is 1.14 bits per heavy atom. The van der Waals surface area contributed by atoms with Crippen molar-refractivity contribution in [3.8, 4) is 0 Å². The molecule has 0 bridgehead atoms. The number of carboxylic acids is 1. The quantitative estimate of drug-likeness (QED) is 0.684. The van der Waals surface area contributed by atoms with Gasteiger partial charge < -0.3 is 15.2 Å². The van der Waals surface area contributed by atoms with Crippen LogP contribution in [0.4, 0.5) is 5.69 Å². The summed E-state index contributed by atoms with van der Waals surface area (Å²) in [4.78, 5) is 24.9. The zero-order valence-electron chi connectivity index (χ0n) is 13.0.